The molecule has 0 spiro atoms. The van der Waals surface area contributed by atoms with Crippen molar-refractivity contribution in [1.29, 1.82) is 0 Å². The van der Waals surface area contributed by atoms with Crippen molar-refractivity contribution in [2.75, 3.05) is 5.32 Å². The molecule has 152 valence electrons. The van der Waals surface area contributed by atoms with Gasteiger partial charge in [-0.2, -0.15) is 18.3 Å². The van der Waals surface area contributed by atoms with E-state index < -0.39 is 30.0 Å². The molecule has 2 aromatic carbocycles. The maximum Gasteiger partial charge on any atom is 0.435 e. The monoisotopic (exact) mass is 445 g/mol. The van der Waals surface area contributed by atoms with E-state index in [0.29, 0.717) is 11.1 Å². The summed E-state index contributed by atoms with van der Waals surface area (Å²) in [6, 6.07) is 9.02. The lowest BCUT2D eigenvalue weighted by molar-refractivity contribution is -0.142. The highest BCUT2D eigenvalue weighted by atomic mass is 35.5. The van der Waals surface area contributed by atoms with Gasteiger partial charge in [-0.25, -0.2) is 4.39 Å². The van der Waals surface area contributed by atoms with E-state index in [4.69, 9.17) is 23.2 Å². The third kappa shape index (κ3) is 4.71. The first kappa shape index (κ1) is 21.1. The van der Waals surface area contributed by atoms with E-state index in [2.05, 4.69) is 10.4 Å². The number of nitrogens with one attached hydrogen (secondary N) is 1. The minimum atomic E-state index is -4.67. The van der Waals surface area contributed by atoms with Gasteiger partial charge in [0, 0.05) is 30.1 Å². The Kier molecular flexibility index (Phi) is 5.86. The number of benzene rings is 2. The van der Waals surface area contributed by atoms with Gasteiger partial charge in [0.25, 0.3) is 0 Å². The van der Waals surface area contributed by atoms with Crippen LogP contribution < -0.4 is 5.32 Å². The average molecular weight is 446 g/mol. The molecule has 29 heavy (non-hydrogen) atoms. The van der Waals surface area contributed by atoms with Crippen molar-refractivity contribution < 1.29 is 22.4 Å². The summed E-state index contributed by atoms with van der Waals surface area (Å²) < 4.78 is 54.1. The van der Waals surface area contributed by atoms with E-state index in [1.54, 1.807) is 24.3 Å². The molecule has 4 nitrogen and oxygen atoms in total. The molecule has 1 aromatic heterocycles. The smallest absolute Gasteiger partial charge is 0.325 e. The number of alkyl halides is 3. The topological polar surface area (TPSA) is 46.9 Å². The number of hydrogen-bond acceptors (Lipinski definition) is 2. The van der Waals surface area contributed by atoms with Crippen LogP contribution in [0.3, 0.4) is 0 Å². The summed E-state index contributed by atoms with van der Waals surface area (Å²) >= 11 is 11.7. The number of nitrogens with zero attached hydrogens (tertiary/aromatic N) is 2. The molecule has 1 amide bonds. The van der Waals surface area contributed by atoms with Gasteiger partial charge < -0.3 is 5.32 Å². The standard InChI is InChI=1S/C19H13Cl2F4N3O/c1-28-9-11(18(27-28)19(23,24)25)8-16(29)26-15-5-3-2-4-12(15)10-6-13(20)17(21)14(22)7-10/h2-7,9H,8H2,1H3,(H,26,29). The number of hydrogen-bond donors (Lipinski definition) is 1. The maximum atomic E-state index is 13.9. The van der Waals surface area contributed by atoms with Crippen molar-refractivity contribution in [3.63, 3.8) is 0 Å². The molecule has 0 aliphatic carbocycles. The Labute approximate surface area is 173 Å². The maximum absolute atomic E-state index is 13.9. The zero-order valence-electron chi connectivity index (χ0n) is 14.8. The molecule has 3 rings (SSSR count). The van der Waals surface area contributed by atoms with Crippen LogP contribution in [0, 0.1) is 5.82 Å². The van der Waals surface area contributed by atoms with Crippen LogP contribution in [-0.4, -0.2) is 15.7 Å². The molecular weight excluding hydrogens is 433 g/mol. The molecule has 0 unspecified atom stereocenters. The van der Waals surface area contributed by atoms with E-state index in [1.807, 2.05) is 0 Å². The predicted octanol–water partition coefficient (Wildman–Crippen LogP) is 5.73. The Bertz CT molecular complexity index is 1060. The fourth-order valence-corrected chi connectivity index (χ4v) is 3.14. The lowest BCUT2D eigenvalue weighted by atomic mass is 10.0. The minimum Gasteiger partial charge on any atom is -0.325 e. The SMILES string of the molecule is Cn1cc(CC(=O)Nc2ccccc2-c2cc(F)c(Cl)c(Cl)c2)c(C(F)(F)F)n1. The molecule has 0 aliphatic rings. The van der Waals surface area contributed by atoms with E-state index in [0.717, 1.165) is 16.9 Å². The van der Waals surface area contributed by atoms with Crippen molar-refractivity contribution in [2.45, 2.75) is 12.6 Å². The molecule has 3 aromatic rings. The van der Waals surface area contributed by atoms with Gasteiger partial charge in [0.15, 0.2) is 5.69 Å². The quantitative estimate of drug-likeness (QED) is 0.411. The van der Waals surface area contributed by atoms with E-state index in [9.17, 15) is 22.4 Å². The fourth-order valence-electron chi connectivity index (χ4n) is 2.83. The van der Waals surface area contributed by atoms with Crippen LogP contribution in [0.2, 0.25) is 10.0 Å². The van der Waals surface area contributed by atoms with Crippen molar-refractivity contribution in [3.8, 4) is 11.1 Å². The van der Waals surface area contributed by atoms with Gasteiger partial charge in [-0.3, -0.25) is 9.48 Å². The van der Waals surface area contributed by atoms with Crippen molar-refractivity contribution in [2.24, 2.45) is 7.05 Å². The van der Waals surface area contributed by atoms with Crippen LogP contribution in [-0.2, 0) is 24.4 Å². The molecule has 10 heteroatoms. The highest BCUT2D eigenvalue weighted by Crippen LogP contribution is 2.35. The van der Waals surface area contributed by atoms with Crippen LogP contribution >= 0.6 is 23.2 Å². The van der Waals surface area contributed by atoms with Gasteiger partial charge in [-0.15, -0.1) is 0 Å². The van der Waals surface area contributed by atoms with Crippen LogP contribution in [0.15, 0.2) is 42.6 Å². The highest BCUT2D eigenvalue weighted by molar-refractivity contribution is 6.42. The Balaban J connectivity index is 1.88. The first-order valence-electron chi connectivity index (χ1n) is 8.19. The summed E-state index contributed by atoms with van der Waals surface area (Å²) in [4.78, 5) is 12.4. The first-order valence-corrected chi connectivity index (χ1v) is 8.95. The Hall–Kier alpha value is -2.58. The van der Waals surface area contributed by atoms with Crippen molar-refractivity contribution >= 4 is 34.8 Å². The molecule has 1 heterocycles. The average Bonchev–Trinajstić information content (AvgIpc) is 3.00. The molecule has 0 saturated heterocycles. The number of carbonyl (C=O) groups is 1. The summed E-state index contributed by atoms with van der Waals surface area (Å²) in [7, 11) is 1.34. The molecule has 0 bridgehead atoms. The summed E-state index contributed by atoms with van der Waals surface area (Å²) in [5.74, 6) is -1.42. The van der Waals surface area contributed by atoms with Crippen LogP contribution in [0.25, 0.3) is 11.1 Å². The summed E-state index contributed by atoms with van der Waals surface area (Å²) in [6.07, 6.45) is -4.07. The van der Waals surface area contributed by atoms with E-state index in [1.165, 1.54) is 13.1 Å². The number of aromatic nitrogens is 2. The third-order valence-corrected chi connectivity index (χ3v) is 4.80. The second-order valence-electron chi connectivity index (χ2n) is 6.20. The molecule has 0 atom stereocenters. The summed E-state index contributed by atoms with van der Waals surface area (Å²) in [5, 5.41) is 5.70. The lowest BCUT2D eigenvalue weighted by Crippen LogP contribution is -2.17. The van der Waals surface area contributed by atoms with Crippen LogP contribution in [0.5, 0.6) is 0 Å². The van der Waals surface area contributed by atoms with Gasteiger partial charge >= 0.3 is 6.18 Å². The molecule has 0 radical (unpaired) electrons. The van der Waals surface area contributed by atoms with Gasteiger partial charge in [-0.1, -0.05) is 41.4 Å². The number of rotatable bonds is 4. The number of carbonyl (C=O) groups excluding carboxylic acids is 1. The summed E-state index contributed by atoms with van der Waals surface area (Å²) in [6.45, 7) is 0. The zero-order chi connectivity index (χ0) is 21.3. The van der Waals surface area contributed by atoms with Crippen molar-refractivity contribution in [1.82, 2.24) is 9.78 Å². The molecule has 0 saturated carbocycles. The van der Waals surface area contributed by atoms with E-state index in [-0.39, 0.29) is 21.3 Å². The summed E-state index contributed by atoms with van der Waals surface area (Å²) in [5.41, 5.74) is -0.302. The molecule has 1 N–H and O–H groups in total. The predicted molar refractivity (Wildman–Crippen MR) is 102 cm³/mol. The minimum absolute atomic E-state index is 0.00650. The van der Waals surface area contributed by atoms with E-state index >= 15 is 0 Å². The van der Waals surface area contributed by atoms with Gasteiger partial charge in [0.05, 0.1) is 16.5 Å². The molecular formula is C19H13Cl2F4N3O. The number of para-hydroxylation sites is 1. The first-order chi connectivity index (χ1) is 13.6. The van der Waals surface area contributed by atoms with Crippen LogP contribution in [0.1, 0.15) is 11.3 Å². The van der Waals surface area contributed by atoms with Gasteiger partial charge in [0.2, 0.25) is 5.91 Å². The molecule has 0 aliphatic heterocycles. The second-order valence-corrected chi connectivity index (χ2v) is 6.98. The Morgan fingerprint density at radius 2 is 1.90 bits per heavy atom. The number of anilines is 1. The number of aryl methyl sites for hydroxylation is 1. The lowest BCUT2D eigenvalue weighted by Gasteiger charge is -2.13. The normalized spacial score (nSPS) is 11.6. The van der Waals surface area contributed by atoms with Crippen molar-refractivity contribution in [3.05, 3.63) is 69.7 Å². The third-order valence-electron chi connectivity index (χ3n) is 4.02. The number of halogens is 6. The zero-order valence-corrected chi connectivity index (χ0v) is 16.3. The number of amides is 1. The second kappa shape index (κ2) is 8.04. The van der Waals surface area contributed by atoms with Gasteiger partial charge in [-0.05, 0) is 23.8 Å². The Morgan fingerprint density at radius 3 is 2.55 bits per heavy atom. The van der Waals surface area contributed by atoms with Gasteiger partial charge in [0.1, 0.15) is 5.82 Å². The largest absolute Gasteiger partial charge is 0.435 e. The highest BCUT2D eigenvalue weighted by Gasteiger charge is 2.37. The Morgan fingerprint density at radius 1 is 1.21 bits per heavy atom. The fraction of sp³-hybridized carbons (Fsp3) is 0.158. The molecule has 0 fully saturated rings. The van der Waals surface area contributed by atoms with Crippen LogP contribution in [0.4, 0.5) is 23.2 Å².